The van der Waals surface area contributed by atoms with Crippen molar-refractivity contribution in [3.8, 4) is 0 Å². The summed E-state index contributed by atoms with van der Waals surface area (Å²) in [6.07, 6.45) is 7.08. The van der Waals surface area contributed by atoms with Gasteiger partial charge >= 0.3 is 5.97 Å². The van der Waals surface area contributed by atoms with Gasteiger partial charge in [0.2, 0.25) is 5.69 Å². The maximum atomic E-state index is 12.6. The maximum absolute atomic E-state index is 12.6. The highest BCUT2D eigenvalue weighted by atomic mass is 79.9. The second-order valence-electron chi connectivity index (χ2n) is 8.39. The molecule has 142 valence electrons. The summed E-state index contributed by atoms with van der Waals surface area (Å²) < 4.78 is 1.59. The molecule has 4 fully saturated rings. The first-order chi connectivity index (χ1) is 12.9. The van der Waals surface area contributed by atoms with E-state index in [1.807, 2.05) is 0 Å². The fraction of sp³-hybridized carbons (Fsp3) is 0.526. The Labute approximate surface area is 172 Å². The molecule has 1 heterocycles. The van der Waals surface area contributed by atoms with Crippen LogP contribution in [-0.2, 0) is 4.84 Å². The maximum Gasteiger partial charge on any atom is 0.381 e. The third-order valence-corrected chi connectivity index (χ3v) is 8.17. The molecule has 0 amide bonds. The zero-order valence-corrected chi connectivity index (χ0v) is 17.7. The van der Waals surface area contributed by atoms with E-state index in [1.54, 1.807) is 12.1 Å². The van der Waals surface area contributed by atoms with Crippen LogP contribution in [-0.4, -0.2) is 21.5 Å². The van der Waals surface area contributed by atoms with Crippen LogP contribution in [0.1, 0.15) is 49.0 Å². The van der Waals surface area contributed by atoms with Crippen molar-refractivity contribution in [1.82, 2.24) is 15.4 Å². The van der Waals surface area contributed by atoms with Gasteiger partial charge in [-0.2, -0.15) is 0 Å². The SMILES string of the molecule is O=C(ONC12CC3CC(CC(C3)C1)C2)c1nc2cc(Br)c(Br)cc2[nH]c1=O. The summed E-state index contributed by atoms with van der Waals surface area (Å²) in [5.74, 6) is 1.48. The molecule has 0 saturated heterocycles. The van der Waals surface area contributed by atoms with E-state index in [2.05, 4.69) is 47.3 Å². The average molecular weight is 497 g/mol. The van der Waals surface area contributed by atoms with Crippen LogP contribution in [0.15, 0.2) is 25.9 Å². The van der Waals surface area contributed by atoms with Crippen LogP contribution in [0.4, 0.5) is 0 Å². The quantitative estimate of drug-likeness (QED) is 0.625. The Bertz CT molecular complexity index is 968. The van der Waals surface area contributed by atoms with Gasteiger partial charge in [-0.1, -0.05) is 0 Å². The highest BCUT2D eigenvalue weighted by Crippen LogP contribution is 2.55. The van der Waals surface area contributed by atoms with Gasteiger partial charge in [0.05, 0.1) is 16.6 Å². The van der Waals surface area contributed by atoms with Crippen molar-refractivity contribution in [1.29, 1.82) is 0 Å². The standard InChI is InChI=1S/C19H19Br2N3O3/c20-12-4-14-15(5-13(12)21)23-17(25)16(22-14)18(26)27-24-19-6-9-1-10(7-19)3-11(2-9)8-19/h4-5,9-11,24H,1-3,6-8H2,(H,23,25). The van der Waals surface area contributed by atoms with Gasteiger partial charge in [0, 0.05) is 8.95 Å². The third-order valence-electron chi connectivity index (χ3n) is 6.33. The molecule has 0 unspecified atom stereocenters. The summed E-state index contributed by atoms with van der Waals surface area (Å²) in [5, 5.41) is 0. The van der Waals surface area contributed by atoms with Crippen LogP contribution < -0.4 is 11.0 Å². The van der Waals surface area contributed by atoms with Gasteiger partial charge in [-0.3, -0.25) is 4.79 Å². The number of carbonyl (C=O) groups is 1. The Morgan fingerprint density at radius 1 is 1.11 bits per heavy atom. The van der Waals surface area contributed by atoms with Gasteiger partial charge in [-0.15, -0.1) is 5.48 Å². The summed E-state index contributed by atoms with van der Waals surface area (Å²) in [5.41, 5.74) is 3.24. The number of fused-ring (bicyclic) bond motifs is 1. The number of hydrogen-bond donors (Lipinski definition) is 2. The molecular formula is C19H19Br2N3O3. The van der Waals surface area contributed by atoms with Gasteiger partial charge in [0.15, 0.2) is 0 Å². The number of halogens is 2. The van der Waals surface area contributed by atoms with Gasteiger partial charge < -0.3 is 9.82 Å². The van der Waals surface area contributed by atoms with E-state index in [1.165, 1.54) is 19.3 Å². The lowest BCUT2D eigenvalue weighted by atomic mass is 9.53. The lowest BCUT2D eigenvalue weighted by molar-refractivity contribution is -0.0883. The predicted molar refractivity (Wildman–Crippen MR) is 107 cm³/mol. The largest absolute Gasteiger partial charge is 0.381 e. The van der Waals surface area contributed by atoms with Gasteiger partial charge in [-0.05, 0) is 100 Å². The molecule has 8 heteroatoms. The van der Waals surface area contributed by atoms with Crippen molar-refractivity contribution < 1.29 is 9.63 Å². The zero-order chi connectivity index (χ0) is 18.8. The van der Waals surface area contributed by atoms with E-state index in [0.717, 1.165) is 46.0 Å². The molecule has 0 spiro atoms. The highest BCUT2D eigenvalue weighted by Gasteiger charge is 2.51. The molecule has 4 saturated carbocycles. The van der Waals surface area contributed by atoms with Gasteiger partial charge in [0.25, 0.3) is 5.56 Å². The topological polar surface area (TPSA) is 84.1 Å². The molecule has 6 rings (SSSR count). The Morgan fingerprint density at radius 3 is 2.33 bits per heavy atom. The fourth-order valence-electron chi connectivity index (χ4n) is 5.66. The van der Waals surface area contributed by atoms with Gasteiger partial charge in [-0.25, -0.2) is 9.78 Å². The molecule has 4 aliphatic carbocycles. The number of carbonyl (C=O) groups excluding carboxylic acids is 1. The Kier molecular flexibility index (Phi) is 4.22. The third kappa shape index (κ3) is 3.15. The molecular weight excluding hydrogens is 478 g/mol. The molecule has 0 atom stereocenters. The second-order valence-corrected chi connectivity index (χ2v) is 10.1. The van der Waals surface area contributed by atoms with Crippen molar-refractivity contribution in [3.63, 3.8) is 0 Å². The van der Waals surface area contributed by atoms with E-state index >= 15 is 0 Å². The number of nitrogens with zero attached hydrogens (tertiary/aromatic N) is 1. The first-order valence-corrected chi connectivity index (χ1v) is 10.9. The number of H-pyrrole nitrogens is 1. The van der Waals surface area contributed by atoms with Gasteiger partial charge in [0.1, 0.15) is 0 Å². The van der Waals surface area contributed by atoms with Crippen molar-refractivity contribution in [2.45, 2.75) is 44.1 Å². The van der Waals surface area contributed by atoms with E-state index < -0.39 is 11.5 Å². The minimum absolute atomic E-state index is 0.123. The molecule has 4 aliphatic rings. The van der Waals surface area contributed by atoms with Crippen molar-refractivity contribution >= 4 is 48.9 Å². The van der Waals surface area contributed by atoms with Crippen LogP contribution in [0.25, 0.3) is 11.0 Å². The molecule has 0 radical (unpaired) electrons. The minimum atomic E-state index is -0.729. The summed E-state index contributed by atoms with van der Waals surface area (Å²) >= 11 is 6.80. The first-order valence-electron chi connectivity index (χ1n) is 9.28. The van der Waals surface area contributed by atoms with E-state index in [0.29, 0.717) is 11.0 Å². The number of hydroxylamine groups is 1. The monoisotopic (exact) mass is 495 g/mol. The molecule has 6 nitrogen and oxygen atoms in total. The second kappa shape index (κ2) is 6.39. The number of aromatic nitrogens is 2. The molecule has 0 aliphatic heterocycles. The fourth-order valence-corrected chi connectivity index (χ4v) is 6.33. The molecule has 1 aromatic carbocycles. The summed E-state index contributed by atoms with van der Waals surface area (Å²) in [6, 6.07) is 3.50. The summed E-state index contributed by atoms with van der Waals surface area (Å²) in [6.45, 7) is 0. The van der Waals surface area contributed by atoms with Crippen LogP contribution in [0.3, 0.4) is 0 Å². The van der Waals surface area contributed by atoms with Crippen molar-refractivity contribution in [2.24, 2.45) is 17.8 Å². The van der Waals surface area contributed by atoms with Crippen molar-refractivity contribution in [3.05, 3.63) is 37.1 Å². The lowest BCUT2D eigenvalue weighted by Gasteiger charge is -2.56. The van der Waals surface area contributed by atoms with E-state index in [4.69, 9.17) is 4.84 Å². The first kappa shape index (κ1) is 17.8. The molecule has 1 aromatic heterocycles. The number of nitrogens with one attached hydrogen (secondary N) is 2. The average Bonchev–Trinajstić information content (AvgIpc) is 2.60. The smallest absolute Gasteiger partial charge is 0.365 e. The highest BCUT2D eigenvalue weighted by molar-refractivity contribution is 9.13. The van der Waals surface area contributed by atoms with Crippen LogP contribution >= 0.6 is 31.9 Å². The zero-order valence-electron chi connectivity index (χ0n) is 14.6. The number of hydrogen-bond acceptors (Lipinski definition) is 5. The molecule has 27 heavy (non-hydrogen) atoms. The summed E-state index contributed by atoms with van der Waals surface area (Å²) in [7, 11) is 0. The summed E-state index contributed by atoms with van der Waals surface area (Å²) in [4.78, 5) is 37.2. The molecule has 2 aromatic rings. The normalized spacial score (nSPS) is 31.4. The molecule has 4 bridgehead atoms. The predicted octanol–water partition coefficient (Wildman–Crippen LogP) is 4.08. The number of rotatable bonds is 3. The van der Waals surface area contributed by atoms with E-state index in [-0.39, 0.29) is 11.2 Å². The minimum Gasteiger partial charge on any atom is -0.365 e. The van der Waals surface area contributed by atoms with Crippen molar-refractivity contribution in [2.75, 3.05) is 0 Å². The van der Waals surface area contributed by atoms with Crippen LogP contribution in [0.2, 0.25) is 0 Å². The number of aromatic amines is 1. The Morgan fingerprint density at radius 2 is 1.70 bits per heavy atom. The molecule has 2 N–H and O–H groups in total. The van der Waals surface area contributed by atoms with E-state index in [9.17, 15) is 9.59 Å². The Balaban J connectivity index is 1.37. The van der Waals surface area contributed by atoms with Crippen LogP contribution in [0.5, 0.6) is 0 Å². The number of benzene rings is 1. The lowest BCUT2D eigenvalue weighted by Crippen LogP contribution is -2.58. The van der Waals surface area contributed by atoms with Crippen LogP contribution in [0, 0.1) is 17.8 Å². The Hall–Kier alpha value is -1.25.